The van der Waals surface area contributed by atoms with Crippen molar-refractivity contribution in [2.75, 3.05) is 11.9 Å². The van der Waals surface area contributed by atoms with Crippen LogP contribution in [0, 0.1) is 0 Å². The molecule has 0 spiro atoms. The Hall–Kier alpha value is -1.75. The van der Waals surface area contributed by atoms with Crippen molar-refractivity contribution in [1.29, 1.82) is 0 Å². The quantitative estimate of drug-likeness (QED) is 0.417. The van der Waals surface area contributed by atoms with Crippen LogP contribution < -0.4 is 5.12 Å². The van der Waals surface area contributed by atoms with E-state index >= 15 is 0 Å². The van der Waals surface area contributed by atoms with Gasteiger partial charge in [0.05, 0.1) is 5.69 Å². The number of ketones is 1. The number of anilines is 1. The van der Waals surface area contributed by atoms with Gasteiger partial charge in [0.2, 0.25) is 5.78 Å². The Labute approximate surface area is 85.2 Å². The van der Waals surface area contributed by atoms with E-state index in [1.54, 1.807) is 18.2 Å². The summed E-state index contributed by atoms with van der Waals surface area (Å²) in [6, 6.07) is 6.40. The lowest BCUT2D eigenvalue weighted by Crippen LogP contribution is -2.30. The Bertz CT molecular complexity index is 407. The highest BCUT2D eigenvalue weighted by atomic mass is 19.2. The molecule has 78 valence electrons. The van der Waals surface area contributed by atoms with E-state index in [1.165, 1.54) is 6.07 Å². The van der Waals surface area contributed by atoms with Crippen LogP contribution in [0.3, 0.4) is 0 Å². The van der Waals surface area contributed by atoms with E-state index in [0.29, 0.717) is 10.7 Å². The van der Waals surface area contributed by atoms with E-state index in [1.807, 2.05) is 0 Å². The summed E-state index contributed by atoms with van der Waals surface area (Å²) in [5.41, 5.74) is 0.646. The van der Waals surface area contributed by atoms with Crippen LogP contribution in [0.2, 0.25) is 0 Å². The minimum Gasteiger partial charge on any atom is -0.342 e. The van der Waals surface area contributed by atoms with Crippen molar-refractivity contribution >= 4 is 17.8 Å². The van der Waals surface area contributed by atoms with Crippen molar-refractivity contribution in [3.8, 4) is 0 Å². The number of hydrogen-bond donors (Lipinski definition) is 0. The van der Waals surface area contributed by atoms with Gasteiger partial charge in [0, 0.05) is 5.56 Å². The lowest BCUT2D eigenvalue weighted by molar-refractivity contribution is -0.139. The molecule has 4 nitrogen and oxygen atoms in total. The number of halogens is 1. The summed E-state index contributed by atoms with van der Waals surface area (Å²) in [5, 5.41) is 0.393. The van der Waals surface area contributed by atoms with Crippen LogP contribution >= 0.6 is 0 Å². The zero-order valence-electron chi connectivity index (χ0n) is 7.72. The third-order valence-electron chi connectivity index (χ3n) is 2.21. The Balaban J connectivity index is 2.44. The van der Waals surface area contributed by atoms with Crippen LogP contribution in [0.1, 0.15) is 11.7 Å². The number of carbonyl (C=O) groups is 2. The molecular weight excluding hydrogens is 201 g/mol. The van der Waals surface area contributed by atoms with E-state index in [-0.39, 0.29) is 18.7 Å². The number of ether oxygens (including phenoxy) is 1. The number of fused-ring (bicyclic) bond motifs is 1. The molecule has 1 aliphatic rings. The molecule has 0 bridgehead atoms. The molecular formula is C10H8FNO3. The second kappa shape index (κ2) is 3.78. The monoisotopic (exact) mass is 209 g/mol. The second-order valence-electron chi connectivity index (χ2n) is 3.12. The summed E-state index contributed by atoms with van der Waals surface area (Å²) < 4.78 is 18.2. The number of hydrogen-bond acceptors (Lipinski definition) is 4. The first-order chi connectivity index (χ1) is 7.24. The predicted octanol–water partition coefficient (Wildman–Crippen LogP) is 1.17. The van der Waals surface area contributed by atoms with Crippen LogP contribution in [0.5, 0.6) is 0 Å². The van der Waals surface area contributed by atoms with Gasteiger partial charge in [0.25, 0.3) is 0 Å². The number of rotatable bonds is 2. The minimum absolute atomic E-state index is 0.190. The van der Waals surface area contributed by atoms with Gasteiger partial charge in [-0.2, -0.15) is 5.12 Å². The first kappa shape index (κ1) is 9.79. The highest BCUT2D eigenvalue weighted by Crippen LogP contribution is 2.33. The molecule has 1 atom stereocenters. The third kappa shape index (κ3) is 1.61. The molecule has 0 saturated heterocycles. The highest BCUT2D eigenvalue weighted by Gasteiger charge is 2.30. The van der Waals surface area contributed by atoms with E-state index in [0.717, 1.165) is 0 Å². The number of carbonyl (C=O) groups excluding carboxylic acids is 2. The topological polar surface area (TPSA) is 46.6 Å². The maximum atomic E-state index is 13.2. The van der Waals surface area contributed by atoms with Crippen molar-refractivity contribution in [2.24, 2.45) is 0 Å². The molecule has 0 saturated carbocycles. The summed E-state index contributed by atoms with van der Waals surface area (Å²) in [6.07, 6.45) is -0.791. The van der Waals surface area contributed by atoms with E-state index in [4.69, 9.17) is 4.74 Å². The molecule has 1 aromatic rings. The van der Waals surface area contributed by atoms with Gasteiger partial charge >= 0.3 is 0 Å². The first-order valence-electron chi connectivity index (χ1n) is 4.37. The lowest BCUT2D eigenvalue weighted by atomic mass is 10.0. The Morgan fingerprint density at radius 3 is 3.00 bits per heavy atom. The van der Waals surface area contributed by atoms with Gasteiger partial charge < -0.3 is 4.74 Å². The molecule has 0 aliphatic carbocycles. The van der Waals surface area contributed by atoms with Gasteiger partial charge in [-0.1, -0.05) is 22.7 Å². The van der Waals surface area contributed by atoms with Crippen LogP contribution in [-0.2, 0) is 14.3 Å². The normalized spacial score (nSPS) is 19.5. The Morgan fingerprint density at radius 1 is 1.53 bits per heavy atom. The standard InChI is InChI=1S/C10H8FNO3/c11-12-6-15-10(9(14)5-13)7-3-1-2-4-8(7)12/h1-5,10H,6H2. The number of Topliss-reactive ketones (excluding diaryl/α,β-unsaturated/α-hetero) is 1. The van der Waals surface area contributed by atoms with Gasteiger partial charge in [-0.05, 0) is 6.07 Å². The van der Waals surface area contributed by atoms with Crippen LogP contribution in [0.15, 0.2) is 24.3 Å². The molecule has 0 N–H and O–H groups in total. The van der Waals surface area contributed by atoms with Gasteiger partial charge in [-0.3, -0.25) is 9.59 Å². The molecule has 1 aliphatic heterocycles. The van der Waals surface area contributed by atoms with Gasteiger partial charge in [0.15, 0.2) is 12.4 Å². The van der Waals surface area contributed by atoms with Crippen LogP contribution in [-0.4, -0.2) is 18.8 Å². The van der Waals surface area contributed by atoms with Gasteiger partial charge in [-0.25, -0.2) is 0 Å². The third-order valence-corrected chi connectivity index (χ3v) is 2.21. The predicted molar refractivity (Wildman–Crippen MR) is 49.8 cm³/mol. The fraction of sp³-hybridized carbons (Fsp3) is 0.200. The summed E-state index contributed by atoms with van der Waals surface area (Å²) in [5.74, 6) is -0.699. The molecule has 0 fully saturated rings. The SMILES string of the molecule is O=CC(=O)C1OCN(F)c2ccccc21. The maximum Gasteiger partial charge on any atom is 0.228 e. The fourth-order valence-corrected chi connectivity index (χ4v) is 1.53. The molecule has 0 radical (unpaired) electrons. The minimum atomic E-state index is -0.981. The molecule has 1 unspecified atom stereocenters. The van der Waals surface area contributed by atoms with E-state index < -0.39 is 11.9 Å². The Kier molecular flexibility index (Phi) is 2.47. The van der Waals surface area contributed by atoms with E-state index in [2.05, 4.69) is 0 Å². The van der Waals surface area contributed by atoms with Gasteiger partial charge in [0.1, 0.15) is 6.73 Å². The van der Waals surface area contributed by atoms with Crippen LogP contribution in [0.4, 0.5) is 10.2 Å². The molecule has 2 rings (SSSR count). The molecule has 5 heteroatoms. The number of para-hydroxylation sites is 1. The summed E-state index contributed by atoms with van der Waals surface area (Å²) >= 11 is 0. The zero-order valence-corrected chi connectivity index (χ0v) is 7.72. The maximum absolute atomic E-state index is 13.2. The summed E-state index contributed by atoms with van der Waals surface area (Å²) in [7, 11) is 0. The van der Waals surface area contributed by atoms with Crippen molar-refractivity contribution in [2.45, 2.75) is 6.10 Å². The average Bonchev–Trinajstić information content (AvgIpc) is 2.29. The fourth-order valence-electron chi connectivity index (χ4n) is 1.53. The molecule has 1 aromatic carbocycles. The number of benzene rings is 1. The highest BCUT2D eigenvalue weighted by molar-refractivity contribution is 6.27. The second-order valence-corrected chi connectivity index (χ2v) is 3.12. The zero-order chi connectivity index (χ0) is 10.8. The molecule has 1 heterocycles. The van der Waals surface area contributed by atoms with Crippen molar-refractivity contribution in [3.05, 3.63) is 29.8 Å². The summed E-state index contributed by atoms with van der Waals surface area (Å²) in [4.78, 5) is 21.6. The average molecular weight is 209 g/mol. The van der Waals surface area contributed by atoms with Gasteiger partial charge in [-0.15, -0.1) is 0 Å². The van der Waals surface area contributed by atoms with Crippen molar-refractivity contribution in [3.63, 3.8) is 0 Å². The van der Waals surface area contributed by atoms with E-state index in [9.17, 15) is 14.1 Å². The molecule has 0 amide bonds. The summed E-state index contributed by atoms with van der Waals surface area (Å²) in [6.45, 7) is -0.346. The smallest absolute Gasteiger partial charge is 0.228 e. The molecule has 15 heavy (non-hydrogen) atoms. The largest absolute Gasteiger partial charge is 0.342 e. The molecule has 0 aromatic heterocycles. The first-order valence-corrected chi connectivity index (χ1v) is 4.37. The Morgan fingerprint density at radius 2 is 2.27 bits per heavy atom. The van der Waals surface area contributed by atoms with Crippen LogP contribution in [0.25, 0.3) is 0 Å². The number of aldehydes is 1. The van der Waals surface area contributed by atoms with Crippen molar-refractivity contribution in [1.82, 2.24) is 0 Å². The number of nitrogens with zero attached hydrogens (tertiary/aromatic N) is 1. The lowest BCUT2D eigenvalue weighted by Gasteiger charge is -2.27. The van der Waals surface area contributed by atoms with Crippen molar-refractivity contribution < 1.29 is 18.8 Å².